The van der Waals surface area contributed by atoms with Crippen molar-refractivity contribution < 1.29 is 19.0 Å². The highest BCUT2D eigenvalue weighted by atomic mass is 16.6. The second-order valence-electron chi connectivity index (χ2n) is 7.79. The van der Waals surface area contributed by atoms with Crippen LogP contribution in [0.5, 0.6) is 11.5 Å². The first-order valence-electron chi connectivity index (χ1n) is 10.1. The molecule has 0 saturated carbocycles. The Labute approximate surface area is 179 Å². The average Bonchev–Trinajstić information content (AvgIpc) is 2.72. The molecule has 0 spiro atoms. The predicted molar refractivity (Wildman–Crippen MR) is 116 cm³/mol. The number of nitrogen functional groups attached to an aromatic ring is 1. The van der Waals surface area contributed by atoms with E-state index in [1.807, 2.05) is 13.8 Å². The third-order valence-corrected chi connectivity index (χ3v) is 4.90. The maximum Gasteiger partial charge on any atom is 0.330 e. The number of carbonyl (C=O) groups excluding carboxylic acids is 1. The van der Waals surface area contributed by atoms with E-state index in [1.165, 1.54) is 16.6 Å². The number of nitrogens with two attached hydrogens (primary N) is 1. The van der Waals surface area contributed by atoms with Crippen LogP contribution in [0, 0.1) is 5.92 Å². The number of aromatic nitrogens is 2. The zero-order chi connectivity index (χ0) is 22.7. The first-order valence-corrected chi connectivity index (χ1v) is 10.1. The van der Waals surface area contributed by atoms with Crippen LogP contribution in [0.2, 0.25) is 0 Å². The zero-order valence-corrected chi connectivity index (χ0v) is 18.1. The van der Waals surface area contributed by atoms with Gasteiger partial charge in [-0.3, -0.25) is 24.0 Å². The SMILES string of the molecule is COCCN(C(=O)C1Oc2ccccc2OC1C)c1c(N)n(CC(C)C)c(=O)[nH]c1=O. The van der Waals surface area contributed by atoms with Crippen LogP contribution >= 0.6 is 0 Å². The molecular weight excluding hydrogens is 404 g/mol. The number of methoxy groups -OCH3 is 1. The van der Waals surface area contributed by atoms with Gasteiger partial charge in [-0.2, -0.15) is 0 Å². The number of carbonyl (C=O) groups is 1. The van der Waals surface area contributed by atoms with Gasteiger partial charge in [0.1, 0.15) is 11.9 Å². The lowest BCUT2D eigenvalue weighted by Gasteiger charge is -2.34. The summed E-state index contributed by atoms with van der Waals surface area (Å²) in [6, 6.07) is 7.03. The number of anilines is 2. The second-order valence-corrected chi connectivity index (χ2v) is 7.79. The number of rotatable bonds is 7. The molecule has 168 valence electrons. The standard InChI is InChI=1S/C21H28N4O6/c1-12(2)11-25-18(22)16(19(26)23-21(25)28)24(9-10-29-4)20(27)17-13(3)30-14-7-5-6-8-15(14)31-17/h5-8,12-13,17H,9-11,22H2,1-4H3,(H,23,26,28). The van der Waals surface area contributed by atoms with Gasteiger partial charge in [-0.05, 0) is 25.0 Å². The van der Waals surface area contributed by atoms with Gasteiger partial charge in [0.2, 0.25) is 6.10 Å². The molecule has 31 heavy (non-hydrogen) atoms. The Morgan fingerprint density at radius 3 is 2.52 bits per heavy atom. The predicted octanol–water partition coefficient (Wildman–Crippen LogP) is 0.983. The van der Waals surface area contributed by atoms with Crippen LogP contribution in [-0.4, -0.2) is 47.9 Å². The van der Waals surface area contributed by atoms with Crippen molar-refractivity contribution in [3.8, 4) is 11.5 Å². The van der Waals surface area contributed by atoms with Crippen molar-refractivity contribution >= 4 is 17.4 Å². The Kier molecular flexibility index (Phi) is 6.69. The number of hydrogen-bond acceptors (Lipinski definition) is 7. The Balaban J connectivity index is 2.04. The molecule has 1 aliphatic heterocycles. The van der Waals surface area contributed by atoms with Gasteiger partial charge in [0.15, 0.2) is 17.2 Å². The average molecular weight is 432 g/mol. The quantitative estimate of drug-likeness (QED) is 0.667. The Morgan fingerprint density at radius 1 is 1.26 bits per heavy atom. The van der Waals surface area contributed by atoms with Gasteiger partial charge in [0.05, 0.1) is 6.61 Å². The largest absolute Gasteiger partial charge is 0.482 e. The molecule has 0 bridgehead atoms. The minimum absolute atomic E-state index is 0.0384. The van der Waals surface area contributed by atoms with Crippen LogP contribution in [0.4, 0.5) is 11.5 Å². The van der Waals surface area contributed by atoms with Crippen molar-refractivity contribution in [2.75, 3.05) is 30.9 Å². The summed E-state index contributed by atoms with van der Waals surface area (Å²) in [5, 5.41) is 0. The highest BCUT2D eigenvalue weighted by molar-refractivity contribution is 5.99. The van der Waals surface area contributed by atoms with Crippen molar-refractivity contribution in [1.29, 1.82) is 0 Å². The van der Waals surface area contributed by atoms with E-state index in [1.54, 1.807) is 31.2 Å². The molecule has 0 fully saturated rings. The van der Waals surface area contributed by atoms with Crippen LogP contribution in [0.3, 0.4) is 0 Å². The Bertz CT molecular complexity index is 1060. The maximum atomic E-state index is 13.5. The number of nitrogens with one attached hydrogen (secondary N) is 1. The molecule has 2 heterocycles. The van der Waals surface area contributed by atoms with E-state index in [2.05, 4.69) is 4.98 Å². The smallest absolute Gasteiger partial charge is 0.330 e. The molecule has 0 radical (unpaired) electrons. The monoisotopic (exact) mass is 432 g/mol. The van der Waals surface area contributed by atoms with Crippen LogP contribution in [0.15, 0.2) is 33.9 Å². The number of fused-ring (bicyclic) bond motifs is 1. The highest BCUT2D eigenvalue weighted by Crippen LogP contribution is 2.34. The minimum atomic E-state index is -1.02. The van der Waals surface area contributed by atoms with Crippen LogP contribution < -0.4 is 31.4 Å². The fraction of sp³-hybridized carbons (Fsp3) is 0.476. The van der Waals surface area contributed by atoms with Gasteiger partial charge in [0, 0.05) is 20.2 Å². The molecule has 1 aromatic carbocycles. The van der Waals surface area contributed by atoms with Crippen molar-refractivity contribution in [3.05, 3.63) is 45.1 Å². The van der Waals surface area contributed by atoms with Crippen molar-refractivity contribution in [2.45, 2.75) is 39.5 Å². The molecule has 10 nitrogen and oxygen atoms in total. The first-order chi connectivity index (χ1) is 14.7. The van der Waals surface area contributed by atoms with Crippen LogP contribution in [-0.2, 0) is 16.1 Å². The lowest BCUT2D eigenvalue weighted by Crippen LogP contribution is -2.53. The molecule has 1 amide bonds. The summed E-state index contributed by atoms with van der Waals surface area (Å²) < 4.78 is 18.1. The highest BCUT2D eigenvalue weighted by Gasteiger charge is 2.39. The molecule has 0 saturated heterocycles. The molecule has 2 unspecified atom stereocenters. The van der Waals surface area contributed by atoms with Crippen LogP contribution in [0.25, 0.3) is 0 Å². The number of aromatic amines is 1. The summed E-state index contributed by atoms with van der Waals surface area (Å²) in [6.45, 7) is 6.00. The zero-order valence-electron chi connectivity index (χ0n) is 18.1. The van der Waals surface area contributed by atoms with Gasteiger partial charge in [-0.1, -0.05) is 26.0 Å². The lowest BCUT2D eigenvalue weighted by molar-refractivity contribution is -0.130. The summed E-state index contributed by atoms with van der Waals surface area (Å²) in [4.78, 5) is 42.0. The maximum absolute atomic E-state index is 13.5. The summed E-state index contributed by atoms with van der Waals surface area (Å²) in [5.74, 6) is 0.443. The van der Waals surface area contributed by atoms with Crippen LogP contribution in [0.1, 0.15) is 20.8 Å². The third kappa shape index (κ3) is 4.58. The number of nitrogens with zero attached hydrogens (tertiary/aromatic N) is 2. The summed E-state index contributed by atoms with van der Waals surface area (Å²) in [5.41, 5.74) is 4.73. The second kappa shape index (κ2) is 9.25. The number of hydrogen-bond donors (Lipinski definition) is 2. The molecule has 3 N–H and O–H groups in total. The fourth-order valence-electron chi connectivity index (χ4n) is 3.44. The molecule has 0 aliphatic carbocycles. The summed E-state index contributed by atoms with van der Waals surface area (Å²) in [7, 11) is 1.48. The van der Waals surface area contributed by atoms with E-state index in [0.29, 0.717) is 11.5 Å². The molecular formula is C21H28N4O6. The molecule has 10 heteroatoms. The van der Waals surface area contributed by atoms with E-state index in [9.17, 15) is 14.4 Å². The lowest BCUT2D eigenvalue weighted by atomic mass is 10.1. The van der Waals surface area contributed by atoms with E-state index >= 15 is 0 Å². The van der Waals surface area contributed by atoms with Crippen molar-refractivity contribution in [1.82, 2.24) is 9.55 Å². The van der Waals surface area contributed by atoms with E-state index in [-0.39, 0.29) is 37.1 Å². The third-order valence-electron chi connectivity index (χ3n) is 4.90. The van der Waals surface area contributed by atoms with Gasteiger partial charge in [-0.25, -0.2) is 4.79 Å². The topological polar surface area (TPSA) is 129 Å². The number of benzene rings is 1. The number of para-hydroxylation sites is 2. The molecule has 2 atom stereocenters. The molecule has 1 aliphatic rings. The number of ether oxygens (including phenoxy) is 3. The number of amides is 1. The Hall–Kier alpha value is -3.27. The van der Waals surface area contributed by atoms with Gasteiger partial charge in [-0.15, -0.1) is 0 Å². The van der Waals surface area contributed by atoms with Crippen molar-refractivity contribution in [2.24, 2.45) is 5.92 Å². The molecule has 2 aromatic rings. The summed E-state index contributed by atoms with van der Waals surface area (Å²) in [6.07, 6.45) is -1.63. The van der Waals surface area contributed by atoms with Gasteiger partial charge < -0.3 is 19.9 Å². The van der Waals surface area contributed by atoms with E-state index < -0.39 is 29.4 Å². The van der Waals surface area contributed by atoms with Gasteiger partial charge in [0.25, 0.3) is 11.5 Å². The minimum Gasteiger partial charge on any atom is -0.482 e. The Morgan fingerprint density at radius 2 is 1.90 bits per heavy atom. The van der Waals surface area contributed by atoms with E-state index in [0.717, 1.165) is 0 Å². The molecule has 1 aromatic heterocycles. The van der Waals surface area contributed by atoms with Gasteiger partial charge >= 0.3 is 5.69 Å². The fourth-order valence-corrected chi connectivity index (χ4v) is 3.44. The summed E-state index contributed by atoms with van der Waals surface area (Å²) >= 11 is 0. The molecule has 3 rings (SSSR count). The van der Waals surface area contributed by atoms with E-state index in [4.69, 9.17) is 19.9 Å². The number of H-pyrrole nitrogens is 1. The normalized spacial score (nSPS) is 17.6. The first kappa shape index (κ1) is 22.4. The van der Waals surface area contributed by atoms with Crippen molar-refractivity contribution in [3.63, 3.8) is 0 Å².